The Bertz CT molecular complexity index is 879. The maximum Gasteiger partial charge on any atom is 0.317 e. The van der Waals surface area contributed by atoms with Crippen LogP contribution in [0.25, 0.3) is 5.57 Å². The molecule has 8 nitrogen and oxygen atoms in total. The third-order valence-electron chi connectivity index (χ3n) is 5.87. The molecule has 2 N–H and O–H groups in total. The second kappa shape index (κ2) is 10.3. The molecule has 0 atom stereocenters. The Morgan fingerprint density at radius 1 is 1.03 bits per heavy atom. The maximum absolute atomic E-state index is 12.5. The molecule has 0 aliphatic carbocycles. The minimum atomic E-state index is 0.00653. The molecule has 8 heteroatoms. The fourth-order valence-corrected chi connectivity index (χ4v) is 4.03. The number of carbonyl (C=O) groups is 1. The summed E-state index contributed by atoms with van der Waals surface area (Å²) in [6.07, 6.45) is 7.43. The molecule has 4 rings (SSSR count). The van der Waals surface area contributed by atoms with Gasteiger partial charge in [0, 0.05) is 58.2 Å². The summed E-state index contributed by atoms with van der Waals surface area (Å²) in [5, 5.41) is 12.5. The van der Waals surface area contributed by atoms with Gasteiger partial charge in [0.25, 0.3) is 0 Å². The Morgan fingerprint density at radius 3 is 2.45 bits per heavy atom. The summed E-state index contributed by atoms with van der Waals surface area (Å²) in [5.74, 6) is 1.08. The SMILES string of the molecule is O=C(NCCCN1CCN(c2ncccn2)CC1)N1CC=C(c2ccc(O)cc2)CC1. The van der Waals surface area contributed by atoms with Gasteiger partial charge < -0.3 is 20.2 Å². The molecule has 2 amide bonds. The maximum atomic E-state index is 12.5. The first-order valence-corrected chi connectivity index (χ1v) is 10.9. The predicted octanol–water partition coefficient (Wildman–Crippen LogP) is 2.19. The van der Waals surface area contributed by atoms with Crippen molar-refractivity contribution in [2.75, 3.05) is 57.3 Å². The highest BCUT2D eigenvalue weighted by atomic mass is 16.3. The van der Waals surface area contributed by atoms with Gasteiger partial charge in [-0.25, -0.2) is 14.8 Å². The summed E-state index contributed by atoms with van der Waals surface area (Å²) in [7, 11) is 0. The van der Waals surface area contributed by atoms with E-state index in [9.17, 15) is 9.90 Å². The molecule has 0 radical (unpaired) electrons. The van der Waals surface area contributed by atoms with E-state index in [0.717, 1.165) is 57.1 Å². The van der Waals surface area contributed by atoms with Gasteiger partial charge in [0.1, 0.15) is 5.75 Å². The lowest BCUT2D eigenvalue weighted by Crippen LogP contribution is -2.48. The predicted molar refractivity (Wildman–Crippen MR) is 121 cm³/mol. The summed E-state index contributed by atoms with van der Waals surface area (Å²) in [6, 6.07) is 9.08. The molecule has 164 valence electrons. The molecule has 2 aliphatic rings. The van der Waals surface area contributed by atoms with Crippen LogP contribution in [-0.2, 0) is 0 Å². The number of anilines is 1. The summed E-state index contributed by atoms with van der Waals surface area (Å²) >= 11 is 0. The lowest BCUT2D eigenvalue weighted by atomic mass is 9.99. The number of aromatic hydroxyl groups is 1. The molecule has 1 aromatic heterocycles. The number of phenolic OH excluding ortho intramolecular Hbond substituents is 1. The standard InChI is InChI=1S/C23H30N6O2/c30-21-5-3-19(4-6-21)20-7-13-29(14-8-20)23(31)26-11-2-12-27-15-17-28(18-16-27)22-24-9-1-10-25-22/h1,3-7,9-10,30H,2,8,11-18H2,(H,26,31). The first kappa shape index (κ1) is 21.1. The molecule has 0 bridgehead atoms. The van der Waals surface area contributed by atoms with Gasteiger partial charge in [0.2, 0.25) is 5.95 Å². The third-order valence-corrected chi connectivity index (χ3v) is 5.87. The Kier molecular flexibility index (Phi) is 6.99. The average Bonchev–Trinajstić information content (AvgIpc) is 2.83. The van der Waals surface area contributed by atoms with E-state index in [1.54, 1.807) is 24.5 Å². The fraction of sp³-hybridized carbons (Fsp3) is 0.435. The molecular weight excluding hydrogens is 392 g/mol. The van der Waals surface area contributed by atoms with Crippen LogP contribution in [0.1, 0.15) is 18.4 Å². The van der Waals surface area contributed by atoms with E-state index in [2.05, 4.69) is 31.2 Å². The smallest absolute Gasteiger partial charge is 0.317 e. The van der Waals surface area contributed by atoms with Crippen molar-refractivity contribution in [2.45, 2.75) is 12.8 Å². The third kappa shape index (κ3) is 5.73. The first-order valence-electron chi connectivity index (χ1n) is 10.9. The number of aromatic nitrogens is 2. The van der Waals surface area contributed by atoms with Crippen LogP contribution in [0.4, 0.5) is 10.7 Å². The number of phenols is 1. The van der Waals surface area contributed by atoms with Gasteiger partial charge in [-0.1, -0.05) is 18.2 Å². The number of nitrogens with zero attached hydrogens (tertiary/aromatic N) is 5. The molecule has 2 aromatic rings. The Balaban J connectivity index is 1.13. The van der Waals surface area contributed by atoms with E-state index in [1.165, 1.54) is 5.57 Å². The molecule has 2 aliphatic heterocycles. The second-order valence-corrected chi connectivity index (χ2v) is 7.94. The largest absolute Gasteiger partial charge is 0.508 e. The van der Waals surface area contributed by atoms with Crippen LogP contribution >= 0.6 is 0 Å². The number of benzene rings is 1. The lowest BCUT2D eigenvalue weighted by molar-refractivity contribution is 0.201. The zero-order valence-corrected chi connectivity index (χ0v) is 17.8. The number of hydrogen-bond acceptors (Lipinski definition) is 6. The van der Waals surface area contributed by atoms with Crippen molar-refractivity contribution < 1.29 is 9.90 Å². The summed E-state index contributed by atoms with van der Waals surface area (Å²) in [4.78, 5) is 27.6. The number of rotatable bonds is 6. The lowest BCUT2D eigenvalue weighted by Gasteiger charge is -2.34. The number of urea groups is 1. The molecule has 0 spiro atoms. The summed E-state index contributed by atoms with van der Waals surface area (Å²) < 4.78 is 0. The van der Waals surface area contributed by atoms with Gasteiger partial charge >= 0.3 is 6.03 Å². The van der Waals surface area contributed by atoms with Gasteiger partial charge in [-0.2, -0.15) is 0 Å². The fourth-order valence-electron chi connectivity index (χ4n) is 4.03. The minimum absolute atomic E-state index is 0.00653. The van der Waals surface area contributed by atoms with Crippen molar-refractivity contribution in [1.29, 1.82) is 0 Å². The molecule has 3 heterocycles. The van der Waals surface area contributed by atoms with Gasteiger partial charge in [-0.3, -0.25) is 4.90 Å². The van der Waals surface area contributed by atoms with Crippen molar-refractivity contribution in [1.82, 2.24) is 25.1 Å². The van der Waals surface area contributed by atoms with E-state index in [4.69, 9.17) is 0 Å². The van der Waals surface area contributed by atoms with Crippen LogP contribution in [0.3, 0.4) is 0 Å². The molecule has 0 unspecified atom stereocenters. The quantitative estimate of drug-likeness (QED) is 0.695. The Morgan fingerprint density at radius 2 is 1.77 bits per heavy atom. The number of piperazine rings is 1. The Hall–Kier alpha value is -3.13. The van der Waals surface area contributed by atoms with Crippen LogP contribution in [0.5, 0.6) is 5.75 Å². The highest BCUT2D eigenvalue weighted by molar-refractivity contribution is 5.76. The van der Waals surface area contributed by atoms with Crippen molar-refractivity contribution in [2.24, 2.45) is 0 Å². The molecule has 1 fully saturated rings. The number of hydrogen-bond donors (Lipinski definition) is 2. The van der Waals surface area contributed by atoms with E-state index < -0.39 is 0 Å². The molecule has 1 saturated heterocycles. The van der Waals surface area contributed by atoms with E-state index in [0.29, 0.717) is 19.6 Å². The monoisotopic (exact) mass is 422 g/mol. The van der Waals surface area contributed by atoms with Crippen molar-refractivity contribution >= 4 is 17.6 Å². The highest BCUT2D eigenvalue weighted by Gasteiger charge is 2.19. The van der Waals surface area contributed by atoms with Gasteiger partial charge in [0.15, 0.2) is 0 Å². The summed E-state index contributed by atoms with van der Waals surface area (Å²) in [5.41, 5.74) is 2.33. The Labute approximate surface area is 183 Å². The summed E-state index contributed by atoms with van der Waals surface area (Å²) in [6.45, 7) is 6.83. The van der Waals surface area contributed by atoms with Crippen LogP contribution in [0.2, 0.25) is 0 Å². The molecule has 1 aromatic carbocycles. The zero-order valence-electron chi connectivity index (χ0n) is 17.8. The molecule has 31 heavy (non-hydrogen) atoms. The normalized spacial score (nSPS) is 17.4. The minimum Gasteiger partial charge on any atom is -0.508 e. The topological polar surface area (TPSA) is 84.8 Å². The van der Waals surface area contributed by atoms with Gasteiger partial charge in [-0.05, 0) is 48.7 Å². The molecule has 0 saturated carbocycles. The highest BCUT2D eigenvalue weighted by Crippen LogP contribution is 2.24. The van der Waals surface area contributed by atoms with E-state index in [1.807, 2.05) is 23.1 Å². The van der Waals surface area contributed by atoms with E-state index in [-0.39, 0.29) is 11.8 Å². The zero-order chi connectivity index (χ0) is 21.5. The number of nitrogens with one attached hydrogen (secondary N) is 1. The van der Waals surface area contributed by atoms with E-state index >= 15 is 0 Å². The van der Waals surface area contributed by atoms with Gasteiger partial charge in [-0.15, -0.1) is 0 Å². The average molecular weight is 423 g/mol. The van der Waals surface area contributed by atoms with Crippen molar-refractivity contribution in [3.63, 3.8) is 0 Å². The second-order valence-electron chi connectivity index (χ2n) is 7.94. The number of amides is 2. The number of carbonyl (C=O) groups excluding carboxylic acids is 1. The van der Waals surface area contributed by atoms with Gasteiger partial charge in [0.05, 0.1) is 0 Å². The van der Waals surface area contributed by atoms with Crippen molar-refractivity contribution in [3.05, 3.63) is 54.4 Å². The molecular formula is C23H30N6O2. The van der Waals surface area contributed by atoms with Crippen molar-refractivity contribution in [3.8, 4) is 5.75 Å². The van der Waals surface area contributed by atoms with Crippen LogP contribution < -0.4 is 10.2 Å². The first-order chi connectivity index (χ1) is 15.2. The van der Waals surface area contributed by atoms with Crippen LogP contribution in [0, 0.1) is 0 Å². The van der Waals surface area contributed by atoms with Crippen LogP contribution in [0.15, 0.2) is 48.8 Å². The van der Waals surface area contributed by atoms with Crippen LogP contribution in [-0.4, -0.2) is 83.3 Å².